The summed E-state index contributed by atoms with van der Waals surface area (Å²) in [5.41, 5.74) is 0. The third-order valence-corrected chi connectivity index (χ3v) is 2.17. The van der Waals surface area contributed by atoms with Gasteiger partial charge in [0, 0.05) is 13.1 Å². The zero-order chi connectivity index (χ0) is 7.56. The molecular weight excluding hydrogens is 130 g/mol. The van der Waals surface area contributed by atoms with E-state index in [1.54, 1.807) is 7.05 Å². The third-order valence-electron chi connectivity index (χ3n) is 2.17. The van der Waals surface area contributed by atoms with E-state index < -0.39 is 6.09 Å². The molecule has 1 saturated carbocycles. The van der Waals surface area contributed by atoms with E-state index in [0.29, 0.717) is 0 Å². The molecule has 58 valence electrons. The Morgan fingerprint density at radius 3 is 2.40 bits per heavy atom. The lowest BCUT2D eigenvalue weighted by Crippen LogP contribution is -2.33. The molecule has 0 aromatic rings. The first-order valence-electron chi connectivity index (χ1n) is 3.67. The molecule has 0 aromatic heterocycles. The predicted molar refractivity (Wildman–Crippen MR) is 38.0 cm³/mol. The molecule has 1 N–H and O–H groups in total. The topological polar surface area (TPSA) is 40.5 Å². The molecule has 0 spiro atoms. The Balaban J connectivity index is 2.39. The van der Waals surface area contributed by atoms with Crippen LogP contribution in [0.25, 0.3) is 0 Å². The maximum atomic E-state index is 10.4. The van der Waals surface area contributed by atoms with Gasteiger partial charge in [0.15, 0.2) is 0 Å². The van der Waals surface area contributed by atoms with Crippen LogP contribution in [0.2, 0.25) is 0 Å². The van der Waals surface area contributed by atoms with Crippen molar-refractivity contribution in [3.8, 4) is 0 Å². The zero-order valence-electron chi connectivity index (χ0n) is 6.21. The van der Waals surface area contributed by atoms with Crippen molar-refractivity contribution in [1.82, 2.24) is 4.90 Å². The molecular formula is C7H13NO2. The summed E-state index contributed by atoms with van der Waals surface area (Å²) in [6.45, 7) is 0. The van der Waals surface area contributed by atoms with Crippen LogP contribution in [0.4, 0.5) is 4.79 Å². The second kappa shape index (κ2) is 2.90. The summed E-state index contributed by atoms with van der Waals surface area (Å²) in [5.74, 6) is 0. The van der Waals surface area contributed by atoms with Crippen molar-refractivity contribution in [2.45, 2.75) is 31.7 Å². The van der Waals surface area contributed by atoms with Gasteiger partial charge in [-0.1, -0.05) is 12.8 Å². The molecule has 3 nitrogen and oxygen atoms in total. The van der Waals surface area contributed by atoms with Gasteiger partial charge in [-0.05, 0) is 12.8 Å². The molecule has 0 unspecified atom stereocenters. The van der Waals surface area contributed by atoms with Crippen LogP contribution in [0.3, 0.4) is 0 Å². The zero-order valence-corrected chi connectivity index (χ0v) is 6.21. The Kier molecular flexibility index (Phi) is 2.14. The van der Waals surface area contributed by atoms with Gasteiger partial charge in [-0.3, -0.25) is 0 Å². The largest absolute Gasteiger partial charge is 0.465 e. The lowest BCUT2D eigenvalue weighted by Gasteiger charge is -2.20. The summed E-state index contributed by atoms with van der Waals surface area (Å²) >= 11 is 0. The highest BCUT2D eigenvalue weighted by Crippen LogP contribution is 2.21. The minimum Gasteiger partial charge on any atom is -0.465 e. The Labute approximate surface area is 60.6 Å². The summed E-state index contributed by atoms with van der Waals surface area (Å²) < 4.78 is 0. The van der Waals surface area contributed by atoms with E-state index >= 15 is 0 Å². The van der Waals surface area contributed by atoms with Crippen LogP contribution in [-0.4, -0.2) is 29.2 Å². The highest BCUT2D eigenvalue weighted by molar-refractivity contribution is 5.64. The summed E-state index contributed by atoms with van der Waals surface area (Å²) in [5, 5.41) is 8.57. The summed E-state index contributed by atoms with van der Waals surface area (Å²) in [6, 6.07) is 0.289. The molecule has 0 bridgehead atoms. The number of hydrogen-bond donors (Lipinski definition) is 1. The molecule has 0 saturated heterocycles. The molecule has 3 heteroatoms. The maximum Gasteiger partial charge on any atom is 0.407 e. The van der Waals surface area contributed by atoms with Crippen LogP contribution in [0.1, 0.15) is 25.7 Å². The van der Waals surface area contributed by atoms with Crippen molar-refractivity contribution in [3.63, 3.8) is 0 Å². The van der Waals surface area contributed by atoms with Crippen LogP contribution >= 0.6 is 0 Å². The van der Waals surface area contributed by atoms with Gasteiger partial charge >= 0.3 is 6.09 Å². The van der Waals surface area contributed by atoms with Crippen molar-refractivity contribution in [1.29, 1.82) is 0 Å². The molecule has 0 radical (unpaired) electrons. The van der Waals surface area contributed by atoms with Crippen LogP contribution in [0, 0.1) is 0 Å². The number of amides is 1. The number of carbonyl (C=O) groups is 1. The van der Waals surface area contributed by atoms with Gasteiger partial charge in [0.05, 0.1) is 0 Å². The summed E-state index contributed by atoms with van der Waals surface area (Å²) in [6.07, 6.45) is 3.66. The van der Waals surface area contributed by atoms with Gasteiger partial charge in [0.2, 0.25) is 0 Å². The van der Waals surface area contributed by atoms with E-state index in [2.05, 4.69) is 0 Å². The summed E-state index contributed by atoms with van der Waals surface area (Å²) in [4.78, 5) is 11.8. The third kappa shape index (κ3) is 1.40. The molecule has 1 aliphatic carbocycles. The van der Waals surface area contributed by atoms with Gasteiger partial charge in [-0.25, -0.2) is 4.79 Å². The normalized spacial score (nSPS) is 19.3. The Morgan fingerprint density at radius 1 is 1.50 bits per heavy atom. The van der Waals surface area contributed by atoms with Crippen LogP contribution in [-0.2, 0) is 0 Å². The Hall–Kier alpha value is -0.730. The van der Waals surface area contributed by atoms with Gasteiger partial charge in [-0.15, -0.1) is 0 Å². The fourth-order valence-corrected chi connectivity index (χ4v) is 1.45. The van der Waals surface area contributed by atoms with Crippen LogP contribution in [0.5, 0.6) is 0 Å². The van der Waals surface area contributed by atoms with Gasteiger partial charge < -0.3 is 10.0 Å². The quantitative estimate of drug-likeness (QED) is 0.604. The lowest BCUT2D eigenvalue weighted by molar-refractivity contribution is 0.139. The Bertz CT molecular complexity index is 130. The highest BCUT2D eigenvalue weighted by atomic mass is 16.4. The summed E-state index contributed by atoms with van der Waals surface area (Å²) in [7, 11) is 1.65. The second-order valence-electron chi connectivity index (χ2n) is 2.83. The lowest BCUT2D eigenvalue weighted by atomic mass is 10.2. The molecule has 0 aromatic carbocycles. The number of carboxylic acid groups (broad SMARTS) is 1. The smallest absolute Gasteiger partial charge is 0.407 e. The van der Waals surface area contributed by atoms with E-state index in [0.717, 1.165) is 12.8 Å². The van der Waals surface area contributed by atoms with Crippen molar-refractivity contribution >= 4 is 6.09 Å². The fraction of sp³-hybridized carbons (Fsp3) is 0.857. The molecule has 1 aliphatic rings. The molecule has 1 fully saturated rings. The maximum absolute atomic E-state index is 10.4. The number of nitrogens with zero attached hydrogens (tertiary/aromatic N) is 1. The average molecular weight is 143 g/mol. The van der Waals surface area contributed by atoms with E-state index in [9.17, 15) is 4.79 Å². The van der Waals surface area contributed by atoms with Gasteiger partial charge in [0.1, 0.15) is 0 Å². The van der Waals surface area contributed by atoms with Crippen LogP contribution < -0.4 is 0 Å². The van der Waals surface area contributed by atoms with Crippen molar-refractivity contribution in [2.24, 2.45) is 0 Å². The molecule has 0 heterocycles. The van der Waals surface area contributed by atoms with E-state index in [4.69, 9.17) is 5.11 Å². The fourth-order valence-electron chi connectivity index (χ4n) is 1.45. The molecule has 1 rings (SSSR count). The van der Waals surface area contributed by atoms with Crippen molar-refractivity contribution < 1.29 is 9.90 Å². The van der Waals surface area contributed by atoms with Crippen LogP contribution in [0.15, 0.2) is 0 Å². The molecule has 0 atom stereocenters. The number of rotatable bonds is 1. The minimum atomic E-state index is -0.799. The first kappa shape index (κ1) is 7.38. The van der Waals surface area contributed by atoms with Gasteiger partial charge in [-0.2, -0.15) is 0 Å². The van der Waals surface area contributed by atoms with Crippen molar-refractivity contribution in [3.05, 3.63) is 0 Å². The first-order valence-corrected chi connectivity index (χ1v) is 3.67. The molecule has 1 amide bonds. The van der Waals surface area contributed by atoms with Crippen molar-refractivity contribution in [2.75, 3.05) is 7.05 Å². The molecule has 0 aliphatic heterocycles. The standard InChI is InChI=1S/C7H13NO2/c1-8(7(9)10)6-4-2-3-5-6/h6H,2-5H2,1H3,(H,9,10). The van der Waals surface area contributed by atoms with E-state index in [1.807, 2.05) is 0 Å². The van der Waals surface area contributed by atoms with Gasteiger partial charge in [0.25, 0.3) is 0 Å². The highest BCUT2D eigenvalue weighted by Gasteiger charge is 2.22. The first-order chi connectivity index (χ1) is 4.72. The SMILES string of the molecule is CN(C(=O)O)C1CCCC1. The monoisotopic (exact) mass is 143 g/mol. The molecule has 10 heavy (non-hydrogen) atoms. The minimum absolute atomic E-state index is 0.289. The predicted octanol–water partition coefficient (Wildman–Crippen LogP) is 1.54. The van der Waals surface area contributed by atoms with E-state index in [-0.39, 0.29) is 6.04 Å². The Morgan fingerprint density at radius 2 is 2.00 bits per heavy atom. The number of hydrogen-bond acceptors (Lipinski definition) is 1. The van der Waals surface area contributed by atoms with E-state index in [1.165, 1.54) is 17.7 Å². The second-order valence-corrected chi connectivity index (χ2v) is 2.83. The average Bonchev–Trinajstić information content (AvgIpc) is 2.36.